The van der Waals surface area contributed by atoms with Gasteiger partial charge in [-0.2, -0.15) is 0 Å². The van der Waals surface area contributed by atoms with Crippen LogP contribution in [0.25, 0.3) is 0 Å². The molecule has 1 N–H and O–H groups in total. The predicted molar refractivity (Wildman–Crippen MR) is 85.1 cm³/mol. The van der Waals surface area contributed by atoms with Gasteiger partial charge >= 0.3 is 0 Å². The zero-order valence-corrected chi connectivity index (χ0v) is 13.6. The highest BCUT2D eigenvalue weighted by Gasteiger charge is 2.16. The van der Waals surface area contributed by atoms with Crippen molar-refractivity contribution in [2.24, 2.45) is 0 Å². The molecule has 120 valence electrons. The fourth-order valence-corrected chi connectivity index (χ4v) is 2.34. The van der Waals surface area contributed by atoms with Crippen molar-refractivity contribution >= 4 is 0 Å². The van der Waals surface area contributed by atoms with Crippen LogP contribution in [0, 0.1) is 0 Å². The van der Waals surface area contributed by atoms with Crippen LogP contribution in [0.2, 0.25) is 0 Å². The Balaban J connectivity index is 2.75. The van der Waals surface area contributed by atoms with Crippen LogP contribution in [0.3, 0.4) is 0 Å². The lowest BCUT2D eigenvalue weighted by Crippen LogP contribution is -2.35. The lowest BCUT2D eigenvalue weighted by atomic mass is 9.98. The SMILES string of the molecule is CCCNC(CN(C)CC(F)F)c1ccc(C(C)C)cc1. The Morgan fingerprint density at radius 2 is 1.62 bits per heavy atom. The van der Waals surface area contributed by atoms with E-state index in [9.17, 15) is 8.78 Å². The first-order chi connectivity index (χ1) is 9.93. The second-order valence-electron chi connectivity index (χ2n) is 5.94. The van der Waals surface area contributed by atoms with Gasteiger partial charge in [0.1, 0.15) is 0 Å². The Bertz CT molecular complexity index is 390. The molecule has 21 heavy (non-hydrogen) atoms. The molecule has 0 heterocycles. The van der Waals surface area contributed by atoms with E-state index in [0.29, 0.717) is 12.5 Å². The van der Waals surface area contributed by atoms with Crippen LogP contribution in [-0.4, -0.2) is 38.0 Å². The maximum Gasteiger partial charge on any atom is 0.251 e. The van der Waals surface area contributed by atoms with Gasteiger partial charge < -0.3 is 5.32 Å². The maximum atomic E-state index is 12.5. The Morgan fingerprint density at radius 3 is 2.10 bits per heavy atom. The van der Waals surface area contributed by atoms with Crippen LogP contribution >= 0.6 is 0 Å². The van der Waals surface area contributed by atoms with Crippen molar-refractivity contribution < 1.29 is 8.78 Å². The number of nitrogens with one attached hydrogen (secondary N) is 1. The lowest BCUT2D eigenvalue weighted by molar-refractivity contribution is 0.0958. The van der Waals surface area contributed by atoms with Crippen LogP contribution in [0.1, 0.15) is 50.3 Å². The number of hydrogen-bond donors (Lipinski definition) is 1. The van der Waals surface area contributed by atoms with Gasteiger partial charge in [0, 0.05) is 12.6 Å². The molecule has 2 nitrogen and oxygen atoms in total. The summed E-state index contributed by atoms with van der Waals surface area (Å²) in [4.78, 5) is 1.69. The van der Waals surface area contributed by atoms with Crippen LogP contribution in [-0.2, 0) is 0 Å². The van der Waals surface area contributed by atoms with Gasteiger partial charge in [-0.25, -0.2) is 8.78 Å². The quantitative estimate of drug-likeness (QED) is 0.740. The summed E-state index contributed by atoms with van der Waals surface area (Å²) in [6, 6.07) is 8.58. The normalized spacial score (nSPS) is 13.4. The molecule has 0 fully saturated rings. The summed E-state index contributed by atoms with van der Waals surface area (Å²) in [5.41, 5.74) is 2.46. The first kappa shape index (κ1) is 18.1. The molecule has 1 atom stereocenters. The first-order valence-electron chi connectivity index (χ1n) is 7.74. The fraction of sp³-hybridized carbons (Fsp3) is 0.647. The van der Waals surface area contributed by atoms with Crippen LogP contribution < -0.4 is 5.32 Å². The summed E-state index contributed by atoms with van der Waals surface area (Å²) in [6.07, 6.45) is -1.26. The number of alkyl halides is 2. The predicted octanol–water partition coefficient (Wildman–Crippen LogP) is 4.05. The van der Waals surface area contributed by atoms with E-state index < -0.39 is 6.43 Å². The molecular formula is C17H28F2N2. The second-order valence-corrected chi connectivity index (χ2v) is 5.94. The monoisotopic (exact) mass is 298 g/mol. The van der Waals surface area contributed by atoms with Crippen LogP contribution in [0.5, 0.6) is 0 Å². The average Bonchev–Trinajstić information content (AvgIpc) is 2.42. The molecular weight excluding hydrogens is 270 g/mol. The van der Waals surface area contributed by atoms with E-state index in [1.165, 1.54) is 5.56 Å². The van der Waals surface area contributed by atoms with Crippen LogP contribution in [0.4, 0.5) is 8.78 Å². The van der Waals surface area contributed by atoms with E-state index in [0.717, 1.165) is 18.5 Å². The number of rotatable bonds is 9. The maximum absolute atomic E-state index is 12.5. The third-order valence-electron chi connectivity index (χ3n) is 3.59. The van der Waals surface area contributed by atoms with E-state index >= 15 is 0 Å². The molecule has 1 aromatic carbocycles. The highest BCUT2D eigenvalue weighted by Crippen LogP contribution is 2.19. The molecule has 1 aromatic rings. The molecule has 0 saturated carbocycles. The minimum Gasteiger partial charge on any atom is -0.309 e. The van der Waals surface area contributed by atoms with Crippen molar-refractivity contribution in [3.63, 3.8) is 0 Å². The van der Waals surface area contributed by atoms with Crippen molar-refractivity contribution in [2.75, 3.05) is 26.7 Å². The van der Waals surface area contributed by atoms with Gasteiger partial charge in [-0.15, -0.1) is 0 Å². The van der Waals surface area contributed by atoms with Crippen LogP contribution in [0.15, 0.2) is 24.3 Å². The minimum absolute atomic E-state index is 0.0925. The van der Waals surface area contributed by atoms with E-state index in [2.05, 4.69) is 50.4 Å². The summed E-state index contributed by atoms with van der Waals surface area (Å²) in [5.74, 6) is 0.502. The summed E-state index contributed by atoms with van der Waals surface area (Å²) < 4.78 is 24.9. The van der Waals surface area contributed by atoms with Gasteiger partial charge in [-0.3, -0.25) is 4.90 Å². The molecule has 0 aliphatic rings. The van der Waals surface area contributed by atoms with E-state index in [4.69, 9.17) is 0 Å². The van der Waals surface area contributed by atoms with E-state index in [1.807, 2.05) is 0 Å². The summed E-state index contributed by atoms with van der Waals surface area (Å²) in [7, 11) is 1.75. The number of nitrogens with zero attached hydrogens (tertiary/aromatic N) is 1. The van der Waals surface area contributed by atoms with Crippen molar-refractivity contribution in [1.82, 2.24) is 10.2 Å². The smallest absolute Gasteiger partial charge is 0.251 e. The second kappa shape index (κ2) is 9.11. The molecule has 0 aliphatic carbocycles. The Hall–Kier alpha value is -1.00. The zero-order valence-electron chi connectivity index (χ0n) is 13.6. The molecule has 0 aliphatic heterocycles. The van der Waals surface area contributed by atoms with Gasteiger partial charge in [-0.05, 0) is 37.1 Å². The van der Waals surface area contributed by atoms with Gasteiger partial charge in [0.2, 0.25) is 0 Å². The highest BCUT2D eigenvalue weighted by molar-refractivity contribution is 5.27. The molecule has 0 aromatic heterocycles. The average molecular weight is 298 g/mol. The molecule has 1 rings (SSSR count). The third kappa shape index (κ3) is 6.53. The van der Waals surface area contributed by atoms with Gasteiger partial charge in [0.05, 0.1) is 6.54 Å². The number of benzene rings is 1. The first-order valence-corrected chi connectivity index (χ1v) is 7.74. The number of hydrogen-bond acceptors (Lipinski definition) is 2. The van der Waals surface area contributed by atoms with Gasteiger partial charge in [-0.1, -0.05) is 45.0 Å². The molecule has 1 unspecified atom stereocenters. The molecule has 0 saturated heterocycles. The summed E-state index contributed by atoms with van der Waals surface area (Å²) in [5, 5.41) is 3.45. The number of likely N-dealkylation sites (N-methyl/N-ethyl adjacent to an activating group) is 1. The standard InChI is InChI=1S/C17H28F2N2/c1-5-10-20-16(11-21(4)12-17(18)19)15-8-6-14(7-9-15)13(2)3/h6-9,13,16-17,20H,5,10-12H2,1-4H3. The lowest BCUT2D eigenvalue weighted by Gasteiger charge is -2.25. The van der Waals surface area contributed by atoms with Crippen molar-refractivity contribution in [1.29, 1.82) is 0 Å². The summed E-state index contributed by atoms with van der Waals surface area (Å²) in [6.45, 7) is 7.73. The topological polar surface area (TPSA) is 15.3 Å². The molecule has 0 amide bonds. The molecule has 0 radical (unpaired) electrons. The van der Waals surface area contributed by atoms with Gasteiger partial charge in [0.15, 0.2) is 0 Å². The van der Waals surface area contributed by atoms with Crippen molar-refractivity contribution in [3.8, 4) is 0 Å². The Kier molecular flexibility index (Phi) is 7.83. The van der Waals surface area contributed by atoms with E-state index in [-0.39, 0.29) is 12.6 Å². The molecule has 4 heteroatoms. The third-order valence-corrected chi connectivity index (χ3v) is 3.59. The Morgan fingerprint density at radius 1 is 1.05 bits per heavy atom. The van der Waals surface area contributed by atoms with Crippen molar-refractivity contribution in [3.05, 3.63) is 35.4 Å². The fourth-order valence-electron chi connectivity index (χ4n) is 2.34. The van der Waals surface area contributed by atoms with E-state index in [1.54, 1.807) is 11.9 Å². The largest absolute Gasteiger partial charge is 0.309 e. The molecule has 0 spiro atoms. The molecule has 0 bridgehead atoms. The zero-order chi connectivity index (χ0) is 15.8. The Labute approximate surface area is 127 Å². The van der Waals surface area contributed by atoms with Gasteiger partial charge in [0.25, 0.3) is 6.43 Å². The highest BCUT2D eigenvalue weighted by atomic mass is 19.3. The summed E-state index contributed by atoms with van der Waals surface area (Å²) >= 11 is 0. The van der Waals surface area contributed by atoms with Crippen molar-refractivity contribution in [2.45, 2.75) is 45.6 Å². The number of halogens is 2. The minimum atomic E-state index is -2.29.